The van der Waals surface area contributed by atoms with Crippen molar-refractivity contribution in [2.24, 2.45) is 0 Å². The van der Waals surface area contributed by atoms with Crippen molar-refractivity contribution in [2.75, 3.05) is 13.6 Å². The first-order valence-corrected chi connectivity index (χ1v) is 7.24. The lowest BCUT2D eigenvalue weighted by Gasteiger charge is -2.41. The van der Waals surface area contributed by atoms with E-state index in [0.29, 0.717) is 0 Å². The van der Waals surface area contributed by atoms with Crippen molar-refractivity contribution in [2.45, 2.75) is 18.9 Å². The number of hydrogen-bond acceptors (Lipinski definition) is 1. The standard InChI is InChI=1S/C19H21N/c1-19(18-11-7-4-8-12-18)15-17(13-14-20(19)2)16-9-5-3-6-10-16/h3-12,15H,13-14H2,1-2H3. The van der Waals surface area contributed by atoms with E-state index in [1.807, 2.05) is 0 Å². The maximum Gasteiger partial charge on any atom is 0.0620 e. The molecule has 20 heavy (non-hydrogen) atoms. The Hall–Kier alpha value is -1.86. The summed E-state index contributed by atoms with van der Waals surface area (Å²) < 4.78 is 0. The van der Waals surface area contributed by atoms with Crippen molar-refractivity contribution in [3.8, 4) is 0 Å². The van der Waals surface area contributed by atoms with Crippen molar-refractivity contribution in [3.63, 3.8) is 0 Å². The summed E-state index contributed by atoms with van der Waals surface area (Å²) in [6.07, 6.45) is 3.55. The first-order valence-electron chi connectivity index (χ1n) is 7.24. The van der Waals surface area contributed by atoms with E-state index in [1.54, 1.807) is 0 Å². The minimum absolute atomic E-state index is 0.0231. The molecule has 1 heteroatoms. The van der Waals surface area contributed by atoms with Gasteiger partial charge in [-0.05, 0) is 37.1 Å². The van der Waals surface area contributed by atoms with Crippen LogP contribution in [0.4, 0.5) is 0 Å². The Balaban J connectivity index is 2.05. The van der Waals surface area contributed by atoms with Crippen molar-refractivity contribution < 1.29 is 0 Å². The summed E-state index contributed by atoms with van der Waals surface area (Å²) >= 11 is 0. The van der Waals surface area contributed by atoms with E-state index in [2.05, 4.69) is 85.6 Å². The van der Waals surface area contributed by atoms with Crippen LogP contribution in [0.5, 0.6) is 0 Å². The van der Waals surface area contributed by atoms with Gasteiger partial charge in [0, 0.05) is 6.54 Å². The third-order valence-corrected chi connectivity index (χ3v) is 4.47. The predicted octanol–water partition coefficient (Wildman–Crippen LogP) is 4.32. The molecule has 0 aromatic heterocycles. The molecule has 0 bridgehead atoms. The number of rotatable bonds is 2. The quantitative estimate of drug-likeness (QED) is 0.780. The van der Waals surface area contributed by atoms with Crippen LogP contribution in [0.2, 0.25) is 0 Å². The number of hydrogen-bond donors (Lipinski definition) is 0. The van der Waals surface area contributed by atoms with Gasteiger partial charge in [0.1, 0.15) is 0 Å². The van der Waals surface area contributed by atoms with Gasteiger partial charge < -0.3 is 0 Å². The Morgan fingerprint density at radius 3 is 2.15 bits per heavy atom. The maximum absolute atomic E-state index is 2.44. The van der Waals surface area contributed by atoms with E-state index < -0.39 is 0 Å². The molecule has 3 rings (SSSR count). The van der Waals surface area contributed by atoms with Crippen LogP contribution in [0.25, 0.3) is 5.57 Å². The monoisotopic (exact) mass is 263 g/mol. The van der Waals surface area contributed by atoms with E-state index in [0.717, 1.165) is 13.0 Å². The Bertz CT molecular complexity index is 600. The molecule has 1 unspecified atom stereocenters. The van der Waals surface area contributed by atoms with Gasteiger partial charge >= 0.3 is 0 Å². The zero-order valence-electron chi connectivity index (χ0n) is 12.2. The normalized spacial score (nSPS) is 23.4. The Kier molecular flexibility index (Phi) is 3.45. The lowest BCUT2D eigenvalue weighted by molar-refractivity contribution is 0.182. The van der Waals surface area contributed by atoms with Crippen molar-refractivity contribution in [1.82, 2.24) is 4.90 Å². The Labute approximate surface area is 121 Å². The summed E-state index contributed by atoms with van der Waals surface area (Å²) in [7, 11) is 2.21. The highest BCUT2D eigenvalue weighted by Crippen LogP contribution is 2.37. The first-order chi connectivity index (χ1) is 9.70. The highest BCUT2D eigenvalue weighted by Gasteiger charge is 2.32. The fraction of sp³-hybridized carbons (Fsp3) is 0.263. The van der Waals surface area contributed by atoms with E-state index in [1.165, 1.54) is 16.7 Å². The molecule has 1 aliphatic heterocycles. The molecule has 0 spiro atoms. The largest absolute Gasteiger partial charge is 0.293 e. The molecular weight excluding hydrogens is 242 g/mol. The van der Waals surface area contributed by atoms with Gasteiger partial charge in [-0.3, -0.25) is 4.90 Å². The molecule has 0 saturated carbocycles. The lowest BCUT2D eigenvalue weighted by Crippen LogP contribution is -2.42. The molecule has 1 aliphatic rings. The van der Waals surface area contributed by atoms with Crippen molar-refractivity contribution in [3.05, 3.63) is 77.9 Å². The molecule has 0 aliphatic carbocycles. The topological polar surface area (TPSA) is 3.24 Å². The average molecular weight is 263 g/mol. The molecule has 0 saturated heterocycles. The minimum atomic E-state index is -0.0231. The molecule has 102 valence electrons. The van der Waals surface area contributed by atoms with Crippen LogP contribution in [-0.4, -0.2) is 18.5 Å². The Morgan fingerprint density at radius 2 is 1.50 bits per heavy atom. The predicted molar refractivity (Wildman–Crippen MR) is 85.5 cm³/mol. The van der Waals surface area contributed by atoms with E-state index in [9.17, 15) is 0 Å². The third kappa shape index (κ3) is 2.30. The fourth-order valence-electron chi connectivity index (χ4n) is 3.00. The van der Waals surface area contributed by atoms with Crippen LogP contribution >= 0.6 is 0 Å². The first kappa shape index (κ1) is 13.1. The van der Waals surface area contributed by atoms with Gasteiger partial charge in [0.05, 0.1) is 5.54 Å². The molecule has 0 N–H and O–H groups in total. The Morgan fingerprint density at radius 1 is 0.900 bits per heavy atom. The molecule has 2 aromatic carbocycles. The van der Waals surface area contributed by atoms with Gasteiger partial charge in [-0.15, -0.1) is 0 Å². The SMILES string of the molecule is CN1CCC(c2ccccc2)=CC1(C)c1ccccc1. The van der Waals surface area contributed by atoms with Crippen LogP contribution < -0.4 is 0 Å². The molecule has 1 heterocycles. The molecule has 1 nitrogen and oxygen atoms in total. The second-order valence-corrected chi connectivity index (χ2v) is 5.72. The molecular formula is C19H21N. The zero-order chi connectivity index (χ0) is 14.0. The summed E-state index contributed by atoms with van der Waals surface area (Å²) in [6.45, 7) is 3.40. The van der Waals surface area contributed by atoms with Gasteiger partial charge in [0.2, 0.25) is 0 Å². The highest BCUT2D eigenvalue weighted by molar-refractivity contribution is 5.68. The summed E-state index contributed by atoms with van der Waals surface area (Å²) in [6, 6.07) is 21.5. The van der Waals surface area contributed by atoms with Crippen LogP contribution in [0.3, 0.4) is 0 Å². The van der Waals surface area contributed by atoms with Crippen LogP contribution in [0.15, 0.2) is 66.7 Å². The number of likely N-dealkylation sites (N-methyl/N-ethyl adjacent to an activating group) is 1. The summed E-state index contributed by atoms with van der Waals surface area (Å²) in [5.41, 5.74) is 4.14. The van der Waals surface area contributed by atoms with Gasteiger partial charge in [-0.1, -0.05) is 66.7 Å². The summed E-state index contributed by atoms with van der Waals surface area (Å²) in [4.78, 5) is 2.44. The zero-order valence-corrected chi connectivity index (χ0v) is 12.2. The van der Waals surface area contributed by atoms with Crippen LogP contribution in [0.1, 0.15) is 24.5 Å². The highest BCUT2D eigenvalue weighted by atomic mass is 15.2. The second kappa shape index (κ2) is 5.26. The van der Waals surface area contributed by atoms with E-state index >= 15 is 0 Å². The van der Waals surface area contributed by atoms with Gasteiger partial charge in [0.25, 0.3) is 0 Å². The van der Waals surface area contributed by atoms with E-state index in [4.69, 9.17) is 0 Å². The average Bonchev–Trinajstić information content (AvgIpc) is 2.52. The maximum atomic E-state index is 2.44. The minimum Gasteiger partial charge on any atom is -0.293 e. The molecule has 0 fully saturated rings. The molecule has 0 amide bonds. The summed E-state index contributed by atoms with van der Waals surface area (Å²) in [5, 5.41) is 0. The number of benzene rings is 2. The smallest absolute Gasteiger partial charge is 0.0620 e. The van der Waals surface area contributed by atoms with Gasteiger partial charge in [0.15, 0.2) is 0 Å². The van der Waals surface area contributed by atoms with Crippen molar-refractivity contribution >= 4 is 5.57 Å². The molecule has 0 radical (unpaired) electrons. The lowest BCUT2D eigenvalue weighted by atomic mass is 9.83. The third-order valence-electron chi connectivity index (χ3n) is 4.47. The van der Waals surface area contributed by atoms with Crippen LogP contribution in [-0.2, 0) is 5.54 Å². The van der Waals surface area contributed by atoms with Crippen molar-refractivity contribution in [1.29, 1.82) is 0 Å². The molecule has 2 aromatic rings. The summed E-state index contributed by atoms with van der Waals surface area (Å²) in [5.74, 6) is 0. The number of nitrogens with zero attached hydrogens (tertiary/aromatic N) is 1. The van der Waals surface area contributed by atoms with Gasteiger partial charge in [-0.2, -0.15) is 0 Å². The van der Waals surface area contributed by atoms with Crippen LogP contribution in [0, 0.1) is 0 Å². The molecule has 1 atom stereocenters. The van der Waals surface area contributed by atoms with E-state index in [-0.39, 0.29) is 5.54 Å². The fourth-order valence-corrected chi connectivity index (χ4v) is 3.00. The second-order valence-electron chi connectivity index (χ2n) is 5.72. The van der Waals surface area contributed by atoms with Gasteiger partial charge in [-0.25, -0.2) is 0 Å².